The summed E-state index contributed by atoms with van der Waals surface area (Å²) < 4.78 is 0. The number of fused-ring (bicyclic) bond motifs is 1. The zero-order valence-electron chi connectivity index (χ0n) is 10.9. The Morgan fingerprint density at radius 1 is 1.39 bits per heavy atom. The normalized spacial score (nSPS) is 15.7. The highest BCUT2D eigenvalue weighted by Crippen LogP contribution is 2.35. The topological polar surface area (TPSA) is 66.6 Å². The first-order valence-corrected chi connectivity index (χ1v) is 6.28. The number of hydrogen-bond acceptors (Lipinski definition) is 3. The van der Waals surface area contributed by atoms with Crippen LogP contribution < -0.4 is 10.6 Å². The van der Waals surface area contributed by atoms with E-state index in [1.165, 1.54) is 0 Å². The zero-order valence-corrected chi connectivity index (χ0v) is 10.9. The second-order valence-corrected chi connectivity index (χ2v) is 5.40. The van der Waals surface area contributed by atoms with Crippen LogP contribution in [0.3, 0.4) is 0 Å². The fourth-order valence-corrected chi connectivity index (χ4v) is 2.56. The van der Waals surface area contributed by atoms with Crippen LogP contribution in [0.25, 0.3) is 0 Å². The van der Waals surface area contributed by atoms with Crippen molar-refractivity contribution in [3.05, 3.63) is 23.8 Å². The molecule has 1 aliphatic rings. The molecule has 1 aromatic rings. The minimum Gasteiger partial charge on any atom is -0.399 e. The Morgan fingerprint density at radius 2 is 2.11 bits per heavy atom. The number of carbonyl (C=O) groups excluding carboxylic acids is 1. The highest BCUT2D eigenvalue weighted by molar-refractivity contribution is 5.98. The van der Waals surface area contributed by atoms with Crippen molar-refractivity contribution < 1.29 is 9.90 Å². The largest absolute Gasteiger partial charge is 0.399 e. The monoisotopic (exact) mass is 248 g/mol. The number of nitrogen functional groups attached to an aromatic ring is 1. The molecule has 0 saturated carbocycles. The minimum absolute atomic E-state index is 0.0705. The molecule has 1 heterocycles. The van der Waals surface area contributed by atoms with Gasteiger partial charge >= 0.3 is 0 Å². The van der Waals surface area contributed by atoms with E-state index >= 15 is 0 Å². The summed E-state index contributed by atoms with van der Waals surface area (Å²) in [5.74, 6) is 0.116. The Morgan fingerprint density at radius 3 is 2.78 bits per heavy atom. The summed E-state index contributed by atoms with van der Waals surface area (Å²) in [7, 11) is 0. The summed E-state index contributed by atoms with van der Waals surface area (Å²) in [6, 6.07) is 5.66. The number of aliphatic hydroxyl groups excluding tert-OH is 1. The van der Waals surface area contributed by atoms with Crippen molar-refractivity contribution >= 4 is 17.3 Å². The highest BCUT2D eigenvalue weighted by Gasteiger charge is 2.35. The maximum Gasteiger partial charge on any atom is 0.227 e. The summed E-state index contributed by atoms with van der Waals surface area (Å²) in [6.45, 7) is 4.03. The number of rotatable bonds is 3. The van der Waals surface area contributed by atoms with Crippen molar-refractivity contribution in [3.63, 3.8) is 0 Å². The molecule has 4 heteroatoms. The third-order valence-corrected chi connectivity index (χ3v) is 3.53. The summed E-state index contributed by atoms with van der Waals surface area (Å²) in [6.07, 6.45) is 1.80. The molecule has 0 bridgehead atoms. The van der Waals surface area contributed by atoms with Crippen LogP contribution in [0.15, 0.2) is 18.2 Å². The van der Waals surface area contributed by atoms with E-state index < -0.39 is 0 Å². The van der Waals surface area contributed by atoms with Gasteiger partial charge in [0.2, 0.25) is 5.91 Å². The molecule has 0 unspecified atom stereocenters. The third kappa shape index (κ3) is 2.20. The summed E-state index contributed by atoms with van der Waals surface area (Å²) in [4.78, 5) is 14.0. The fourth-order valence-electron chi connectivity index (χ4n) is 2.56. The number of nitrogens with zero attached hydrogens (tertiary/aromatic N) is 1. The number of benzene rings is 1. The van der Waals surface area contributed by atoms with Gasteiger partial charge in [0, 0.05) is 29.9 Å². The van der Waals surface area contributed by atoms with E-state index in [1.807, 2.05) is 36.9 Å². The van der Waals surface area contributed by atoms with Crippen LogP contribution in [0.5, 0.6) is 0 Å². The standard InChI is InChI=1S/C14H20N2O2/c1-14(2,7-8-17)16-12-5-4-11(15)9-10(12)3-6-13(16)18/h4-5,9,17H,3,6-8,15H2,1-2H3. The molecule has 1 amide bonds. The van der Waals surface area contributed by atoms with Gasteiger partial charge in [-0.3, -0.25) is 4.79 Å². The van der Waals surface area contributed by atoms with Gasteiger partial charge in [-0.05, 0) is 50.5 Å². The summed E-state index contributed by atoms with van der Waals surface area (Å²) in [5.41, 5.74) is 8.17. The lowest BCUT2D eigenvalue weighted by Gasteiger charge is -2.42. The lowest BCUT2D eigenvalue weighted by atomic mass is 9.91. The Labute approximate surface area is 107 Å². The quantitative estimate of drug-likeness (QED) is 0.800. The summed E-state index contributed by atoms with van der Waals surface area (Å²) >= 11 is 0. The molecule has 0 fully saturated rings. The highest BCUT2D eigenvalue weighted by atomic mass is 16.3. The second-order valence-electron chi connectivity index (χ2n) is 5.40. The Kier molecular flexibility index (Phi) is 3.30. The van der Waals surface area contributed by atoms with Crippen molar-refractivity contribution in [1.29, 1.82) is 0 Å². The maximum atomic E-state index is 12.2. The molecule has 4 nitrogen and oxygen atoms in total. The Balaban J connectivity index is 2.45. The van der Waals surface area contributed by atoms with E-state index in [9.17, 15) is 4.79 Å². The van der Waals surface area contributed by atoms with Gasteiger partial charge in [-0.25, -0.2) is 0 Å². The van der Waals surface area contributed by atoms with E-state index in [-0.39, 0.29) is 18.1 Å². The second kappa shape index (κ2) is 4.61. The number of aryl methyl sites for hydroxylation is 1. The van der Waals surface area contributed by atoms with Crippen molar-refractivity contribution in [2.24, 2.45) is 0 Å². The average Bonchev–Trinajstić information content (AvgIpc) is 2.28. The van der Waals surface area contributed by atoms with Gasteiger partial charge in [0.05, 0.1) is 0 Å². The van der Waals surface area contributed by atoms with Crippen LogP contribution in [0.2, 0.25) is 0 Å². The molecule has 0 radical (unpaired) electrons. The molecule has 0 aliphatic carbocycles. The van der Waals surface area contributed by atoms with Crippen LogP contribution in [-0.4, -0.2) is 23.2 Å². The van der Waals surface area contributed by atoms with Crippen LogP contribution in [0.1, 0.15) is 32.3 Å². The molecule has 2 rings (SSSR count). The number of hydrogen-bond donors (Lipinski definition) is 2. The number of nitrogens with two attached hydrogens (primary N) is 1. The van der Waals surface area contributed by atoms with Gasteiger partial charge in [-0.15, -0.1) is 0 Å². The van der Waals surface area contributed by atoms with Gasteiger partial charge in [0.25, 0.3) is 0 Å². The van der Waals surface area contributed by atoms with Crippen molar-refractivity contribution in [3.8, 4) is 0 Å². The molecular weight excluding hydrogens is 228 g/mol. The number of amides is 1. The van der Waals surface area contributed by atoms with Crippen LogP contribution in [-0.2, 0) is 11.2 Å². The van der Waals surface area contributed by atoms with E-state index in [1.54, 1.807) is 0 Å². The van der Waals surface area contributed by atoms with Gasteiger partial charge in [-0.1, -0.05) is 0 Å². The van der Waals surface area contributed by atoms with Crippen molar-refractivity contribution in [2.75, 3.05) is 17.2 Å². The van der Waals surface area contributed by atoms with Gasteiger partial charge in [-0.2, -0.15) is 0 Å². The molecule has 1 aliphatic heterocycles. The van der Waals surface area contributed by atoms with Crippen molar-refractivity contribution in [2.45, 2.75) is 38.6 Å². The first kappa shape index (κ1) is 12.9. The molecule has 98 valence electrons. The number of anilines is 2. The lowest BCUT2D eigenvalue weighted by molar-refractivity contribution is -0.120. The van der Waals surface area contributed by atoms with Gasteiger partial charge in [0.1, 0.15) is 0 Å². The number of aliphatic hydroxyl groups is 1. The number of carbonyl (C=O) groups is 1. The zero-order chi connectivity index (χ0) is 13.3. The third-order valence-electron chi connectivity index (χ3n) is 3.53. The fraction of sp³-hybridized carbons (Fsp3) is 0.500. The van der Waals surface area contributed by atoms with Crippen LogP contribution in [0.4, 0.5) is 11.4 Å². The molecule has 0 saturated heterocycles. The predicted molar refractivity (Wildman–Crippen MR) is 72.4 cm³/mol. The van der Waals surface area contributed by atoms with Gasteiger partial charge < -0.3 is 15.7 Å². The molecule has 0 spiro atoms. The molecule has 0 atom stereocenters. The van der Waals surface area contributed by atoms with E-state index in [2.05, 4.69) is 0 Å². The smallest absolute Gasteiger partial charge is 0.227 e. The van der Waals surface area contributed by atoms with Gasteiger partial charge in [0.15, 0.2) is 0 Å². The molecule has 0 aromatic heterocycles. The van der Waals surface area contributed by atoms with E-state index in [0.717, 1.165) is 23.4 Å². The van der Waals surface area contributed by atoms with Crippen LogP contribution in [0, 0.1) is 0 Å². The molecule has 18 heavy (non-hydrogen) atoms. The molecular formula is C14H20N2O2. The SMILES string of the molecule is CC(C)(CCO)N1C(=O)CCc2cc(N)ccc21. The Bertz CT molecular complexity index is 469. The Hall–Kier alpha value is -1.55. The van der Waals surface area contributed by atoms with Crippen LogP contribution >= 0.6 is 0 Å². The van der Waals surface area contributed by atoms with E-state index in [0.29, 0.717) is 12.8 Å². The first-order chi connectivity index (χ1) is 8.45. The lowest BCUT2D eigenvalue weighted by Crippen LogP contribution is -2.50. The molecule has 3 N–H and O–H groups in total. The van der Waals surface area contributed by atoms with Crippen molar-refractivity contribution in [1.82, 2.24) is 0 Å². The molecule has 1 aromatic carbocycles. The average molecular weight is 248 g/mol. The first-order valence-electron chi connectivity index (χ1n) is 6.28. The minimum atomic E-state index is -0.378. The predicted octanol–water partition coefficient (Wildman–Crippen LogP) is 1.71. The summed E-state index contributed by atoms with van der Waals surface area (Å²) in [5, 5.41) is 9.15. The van der Waals surface area contributed by atoms with E-state index in [4.69, 9.17) is 10.8 Å². The maximum absolute atomic E-state index is 12.2.